The average Bonchev–Trinajstić information content (AvgIpc) is 3.47. The number of benzene rings is 2. The maximum absolute atomic E-state index is 13.5. The summed E-state index contributed by atoms with van der Waals surface area (Å²) in [5.41, 5.74) is 5.25. The van der Waals surface area contributed by atoms with Crippen LogP contribution in [0.25, 0.3) is 16.8 Å². The molecular weight excluding hydrogens is 459 g/mol. The number of anilines is 2. The van der Waals surface area contributed by atoms with Crippen LogP contribution < -0.4 is 5.32 Å². The molecule has 184 valence electrons. The Bertz CT molecular complexity index is 1380. The number of pyridine rings is 1. The minimum Gasteiger partial charge on any atom is -0.389 e. The summed E-state index contributed by atoms with van der Waals surface area (Å²) in [6.07, 6.45) is 1.35. The minimum atomic E-state index is -0.710. The van der Waals surface area contributed by atoms with E-state index in [1.54, 1.807) is 21.5 Å². The molecule has 0 bridgehead atoms. The molecule has 2 aliphatic rings. The molecule has 1 unspecified atom stereocenters. The molecule has 2 aromatic heterocycles. The Morgan fingerprint density at radius 2 is 1.83 bits per heavy atom. The highest BCUT2D eigenvalue weighted by atomic mass is 19.1. The van der Waals surface area contributed by atoms with Crippen LogP contribution in [-0.2, 0) is 6.54 Å². The number of aliphatic hydroxyl groups is 1. The lowest BCUT2D eigenvalue weighted by Crippen LogP contribution is -2.53. The number of likely N-dealkylation sites (tertiary alicyclic amines) is 2. The van der Waals surface area contributed by atoms with Crippen molar-refractivity contribution in [2.75, 3.05) is 31.5 Å². The SMILES string of the molecule is O=C(c1ccc(Nc2nc3c(-c4ccc(CN5CCC(F)C5)cc4)cccn3n2)cc1)N1CC(O)C1. The van der Waals surface area contributed by atoms with E-state index in [1.807, 2.05) is 30.5 Å². The first-order valence-corrected chi connectivity index (χ1v) is 12.2. The number of aromatic nitrogens is 3. The number of fused-ring (bicyclic) bond motifs is 1. The lowest BCUT2D eigenvalue weighted by atomic mass is 10.0. The van der Waals surface area contributed by atoms with E-state index in [0.29, 0.717) is 37.6 Å². The summed E-state index contributed by atoms with van der Waals surface area (Å²) in [6, 6.07) is 19.4. The largest absolute Gasteiger partial charge is 0.389 e. The Balaban J connectivity index is 1.17. The zero-order valence-electron chi connectivity index (χ0n) is 19.7. The Morgan fingerprint density at radius 1 is 1.06 bits per heavy atom. The van der Waals surface area contributed by atoms with Gasteiger partial charge in [0.15, 0.2) is 5.65 Å². The van der Waals surface area contributed by atoms with Gasteiger partial charge in [0.05, 0.1) is 6.10 Å². The predicted octanol–water partition coefficient (Wildman–Crippen LogP) is 3.50. The minimum absolute atomic E-state index is 0.0830. The molecule has 0 saturated carbocycles. The van der Waals surface area contributed by atoms with Crippen molar-refractivity contribution in [3.05, 3.63) is 78.0 Å². The second kappa shape index (κ2) is 9.33. The van der Waals surface area contributed by atoms with Gasteiger partial charge in [-0.1, -0.05) is 24.3 Å². The van der Waals surface area contributed by atoms with E-state index in [4.69, 9.17) is 4.98 Å². The number of β-amino-alcohol motifs (C(OH)–C–C–N with tert-alkyl or cyclic N) is 1. The molecule has 1 atom stereocenters. The number of aliphatic hydroxyl groups excluding tert-OH is 1. The van der Waals surface area contributed by atoms with Crippen molar-refractivity contribution in [2.24, 2.45) is 0 Å². The van der Waals surface area contributed by atoms with Crippen LogP contribution in [0.4, 0.5) is 16.0 Å². The van der Waals surface area contributed by atoms with Gasteiger partial charge in [-0.15, -0.1) is 5.10 Å². The van der Waals surface area contributed by atoms with Gasteiger partial charge in [-0.05, 0) is 53.9 Å². The molecule has 36 heavy (non-hydrogen) atoms. The highest BCUT2D eigenvalue weighted by Crippen LogP contribution is 2.26. The third kappa shape index (κ3) is 4.55. The van der Waals surface area contributed by atoms with Crippen molar-refractivity contribution < 1.29 is 14.3 Å². The average molecular weight is 487 g/mol. The molecule has 2 aromatic carbocycles. The number of carbonyl (C=O) groups excluding carboxylic acids is 1. The van der Waals surface area contributed by atoms with Gasteiger partial charge in [0.1, 0.15) is 6.17 Å². The number of hydrogen-bond donors (Lipinski definition) is 2. The van der Waals surface area contributed by atoms with Crippen molar-refractivity contribution in [3.8, 4) is 11.1 Å². The maximum atomic E-state index is 13.5. The van der Waals surface area contributed by atoms with E-state index in [-0.39, 0.29) is 5.91 Å². The van der Waals surface area contributed by atoms with Crippen molar-refractivity contribution in [1.29, 1.82) is 0 Å². The van der Waals surface area contributed by atoms with Crippen molar-refractivity contribution >= 4 is 23.2 Å². The third-order valence-electron chi connectivity index (χ3n) is 6.79. The number of carbonyl (C=O) groups is 1. The number of amides is 1. The van der Waals surface area contributed by atoms with Crippen molar-refractivity contribution in [2.45, 2.75) is 25.2 Å². The molecule has 4 heterocycles. The van der Waals surface area contributed by atoms with Crippen LogP contribution in [-0.4, -0.2) is 73.9 Å². The molecule has 4 aromatic rings. The summed E-state index contributed by atoms with van der Waals surface area (Å²) in [6.45, 7) is 2.84. The molecule has 9 heteroatoms. The van der Waals surface area contributed by atoms with Gasteiger partial charge >= 0.3 is 0 Å². The van der Waals surface area contributed by atoms with Gasteiger partial charge < -0.3 is 15.3 Å². The van der Waals surface area contributed by atoms with E-state index >= 15 is 0 Å². The third-order valence-corrected chi connectivity index (χ3v) is 6.79. The summed E-state index contributed by atoms with van der Waals surface area (Å²) < 4.78 is 15.2. The zero-order chi connectivity index (χ0) is 24.6. The molecule has 0 radical (unpaired) electrons. The predicted molar refractivity (Wildman–Crippen MR) is 135 cm³/mol. The summed E-state index contributed by atoms with van der Waals surface area (Å²) in [5.74, 6) is 0.374. The van der Waals surface area contributed by atoms with Gasteiger partial charge in [-0.25, -0.2) is 8.91 Å². The first-order valence-electron chi connectivity index (χ1n) is 12.2. The second-order valence-corrected chi connectivity index (χ2v) is 9.51. The van der Waals surface area contributed by atoms with Crippen LogP contribution in [0.2, 0.25) is 0 Å². The fourth-order valence-corrected chi connectivity index (χ4v) is 4.79. The standard InChI is InChI=1S/C27H27FN6O2/c28-21-11-13-32(15-21)14-18-3-5-19(6-4-18)24-2-1-12-34-25(24)30-27(31-34)29-22-9-7-20(8-10-22)26(36)33-16-23(35)17-33/h1-10,12,21,23,35H,11,13-17H2,(H,29,31). The highest BCUT2D eigenvalue weighted by molar-refractivity contribution is 5.95. The molecule has 1 amide bonds. The lowest BCUT2D eigenvalue weighted by molar-refractivity contribution is 0.00590. The van der Waals surface area contributed by atoms with Gasteiger partial charge in [-0.2, -0.15) is 4.98 Å². The molecule has 2 aliphatic heterocycles. The Morgan fingerprint density at radius 3 is 2.53 bits per heavy atom. The number of alkyl halides is 1. The second-order valence-electron chi connectivity index (χ2n) is 9.51. The van der Waals surface area contributed by atoms with E-state index in [1.165, 1.54) is 0 Å². The van der Waals surface area contributed by atoms with E-state index in [2.05, 4.69) is 39.6 Å². The molecule has 0 spiro atoms. The number of nitrogens with one attached hydrogen (secondary N) is 1. The van der Waals surface area contributed by atoms with Crippen molar-refractivity contribution in [3.63, 3.8) is 0 Å². The normalized spacial score (nSPS) is 18.5. The molecule has 2 N–H and O–H groups in total. The molecule has 8 nitrogen and oxygen atoms in total. The zero-order valence-corrected chi connectivity index (χ0v) is 19.7. The molecule has 2 saturated heterocycles. The number of halogens is 1. The molecular formula is C27H27FN6O2. The van der Waals surface area contributed by atoms with Gasteiger partial charge in [0, 0.05) is 55.7 Å². The number of rotatable bonds is 6. The van der Waals surface area contributed by atoms with Crippen LogP contribution in [0.15, 0.2) is 66.9 Å². The Labute approximate surface area is 208 Å². The molecule has 2 fully saturated rings. The first kappa shape index (κ1) is 22.6. The monoisotopic (exact) mass is 486 g/mol. The van der Waals surface area contributed by atoms with Crippen LogP contribution >= 0.6 is 0 Å². The first-order chi connectivity index (χ1) is 17.5. The Hall–Kier alpha value is -3.82. The van der Waals surface area contributed by atoms with Crippen LogP contribution in [0, 0.1) is 0 Å². The van der Waals surface area contributed by atoms with Gasteiger partial charge in [-0.3, -0.25) is 9.69 Å². The maximum Gasteiger partial charge on any atom is 0.254 e. The Kier molecular flexibility index (Phi) is 5.86. The van der Waals surface area contributed by atoms with Crippen molar-refractivity contribution in [1.82, 2.24) is 24.4 Å². The topological polar surface area (TPSA) is 86.0 Å². The van der Waals surface area contributed by atoms with E-state index < -0.39 is 12.3 Å². The molecule has 6 rings (SSSR count). The quantitative estimate of drug-likeness (QED) is 0.434. The summed E-state index contributed by atoms with van der Waals surface area (Å²) >= 11 is 0. The smallest absolute Gasteiger partial charge is 0.254 e. The lowest BCUT2D eigenvalue weighted by Gasteiger charge is -2.35. The van der Waals surface area contributed by atoms with E-state index in [0.717, 1.165) is 41.1 Å². The van der Waals surface area contributed by atoms with Crippen LogP contribution in [0.5, 0.6) is 0 Å². The van der Waals surface area contributed by atoms with Gasteiger partial charge in [0.25, 0.3) is 5.91 Å². The highest BCUT2D eigenvalue weighted by Gasteiger charge is 2.29. The van der Waals surface area contributed by atoms with Crippen LogP contribution in [0.3, 0.4) is 0 Å². The fourth-order valence-electron chi connectivity index (χ4n) is 4.79. The summed E-state index contributed by atoms with van der Waals surface area (Å²) in [5, 5.41) is 17.2. The summed E-state index contributed by atoms with van der Waals surface area (Å²) in [7, 11) is 0. The van der Waals surface area contributed by atoms with Gasteiger partial charge in [0.2, 0.25) is 5.95 Å². The summed E-state index contributed by atoms with van der Waals surface area (Å²) in [4.78, 5) is 20.9. The fraction of sp³-hybridized carbons (Fsp3) is 0.296. The van der Waals surface area contributed by atoms with E-state index in [9.17, 15) is 14.3 Å². The van der Waals surface area contributed by atoms with Crippen LogP contribution in [0.1, 0.15) is 22.3 Å². The number of nitrogens with zero attached hydrogens (tertiary/aromatic N) is 5. The molecule has 0 aliphatic carbocycles. The number of hydrogen-bond acceptors (Lipinski definition) is 6.